The van der Waals surface area contributed by atoms with Crippen LogP contribution in [0, 0.1) is 17.9 Å². The number of hydrogen-bond donors (Lipinski definition) is 0. The zero-order valence-electron chi connectivity index (χ0n) is 28.8. The van der Waals surface area contributed by atoms with E-state index in [4.69, 9.17) is 6.57 Å². The van der Waals surface area contributed by atoms with Crippen molar-refractivity contribution in [2.75, 3.05) is 13.1 Å². The third-order valence-electron chi connectivity index (χ3n) is 10.7. The molecule has 7 rings (SSSR count). The van der Waals surface area contributed by atoms with Crippen LogP contribution in [0.5, 0.6) is 0 Å². The number of imide groups is 2. The van der Waals surface area contributed by atoms with Crippen molar-refractivity contribution >= 4 is 72.4 Å². The van der Waals surface area contributed by atoms with Gasteiger partial charge in [-0.3, -0.25) is 29.0 Å². The molecule has 8 heteroatoms. The van der Waals surface area contributed by atoms with Crippen LogP contribution >= 0.6 is 0 Å². The van der Waals surface area contributed by atoms with E-state index in [0.29, 0.717) is 91.3 Å². The highest BCUT2D eigenvalue weighted by Crippen LogP contribution is 2.50. The van der Waals surface area contributed by atoms with E-state index in [1.165, 1.54) is 9.80 Å². The molecule has 0 N–H and O–H groups in total. The summed E-state index contributed by atoms with van der Waals surface area (Å²) < 4.78 is 0. The first-order valence-electron chi connectivity index (χ1n) is 18.2. The summed E-state index contributed by atoms with van der Waals surface area (Å²) in [5.41, 5.74) is 1.91. The molecule has 50 heavy (non-hydrogen) atoms. The van der Waals surface area contributed by atoms with Gasteiger partial charge in [0.15, 0.2) is 5.69 Å². The molecule has 2 aliphatic rings. The number of nitriles is 1. The average Bonchev–Trinajstić information content (AvgIpc) is 3.13. The summed E-state index contributed by atoms with van der Waals surface area (Å²) in [7, 11) is 0. The Labute approximate surface area is 291 Å². The van der Waals surface area contributed by atoms with Crippen molar-refractivity contribution in [3.63, 3.8) is 0 Å². The molecule has 0 bridgehead atoms. The number of carbonyl (C=O) groups is 4. The Morgan fingerprint density at radius 2 is 1.00 bits per heavy atom. The molecule has 0 saturated carbocycles. The Morgan fingerprint density at radius 1 is 0.560 bits per heavy atom. The maximum absolute atomic E-state index is 14.0. The van der Waals surface area contributed by atoms with Crippen LogP contribution < -0.4 is 0 Å². The second-order valence-corrected chi connectivity index (χ2v) is 13.8. The van der Waals surface area contributed by atoms with Crippen molar-refractivity contribution in [3.05, 3.63) is 75.6 Å². The molecule has 0 aliphatic carbocycles. The number of carbonyl (C=O) groups excluding carboxylic acids is 4. The van der Waals surface area contributed by atoms with Gasteiger partial charge in [0.25, 0.3) is 23.6 Å². The number of benzene rings is 5. The van der Waals surface area contributed by atoms with Crippen LogP contribution in [0.15, 0.2) is 36.4 Å². The molecule has 0 spiro atoms. The monoisotopic (exact) mass is 664 g/mol. The summed E-state index contributed by atoms with van der Waals surface area (Å²) in [6.45, 7) is 13.2. The fraction of sp³-hybridized carbons (Fsp3) is 0.381. The Bertz CT molecular complexity index is 2160. The average molecular weight is 665 g/mol. The third-order valence-corrected chi connectivity index (χ3v) is 10.7. The quantitative estimate of drug-likeness (QED) is 0.0386. The Kier molecular flexibility index (Phi) is 8.97. The van der Waals surface area contributed by atoms with Crippen molar-refractivity contribution in [2.24, 2.45) is 0 Å². The maximum Gasteiger partial charge on any atom is 0.261 e. The molecule has 0 unspecified atom stereocenters. The first-order valence-corrected chi connectivity index (χ1v) is 18.2. The summed E-state index contributed by atoms with van der Waals surface area (Å²) in [5.74, 6) is -1.55. The first kappa shape index (κ1) is 33.2. The molecule has 5 aromatic rings. The lowest BCUT2D eigenvalue weighted by Crippen LogP contribution is -2.41. The lowest BCUT2D eigenvalue weighted by atomic mass is 9.80. The largest absolute Gasteiger partial charge is 0.274 e. The minimum atomic E-state index is -0.417. The van der Waals surface area contributed by atoms with Crippen molar-refractivity contribution in [2.45, 2.75) is 90.9 Å². The van der Waals surface area contributed by atoms with Crippen molar-refractivity contribution < 1.29 is 19.2 Å². The molecule has 5 aromatic carbocycles. The normalized spacial score (nSPS) is 14.2. The van der Waals surface area contributed by atoms with E-state index in [-0.39, 0.29) is 23.1 Å². The second kappa shape index (κ2) is 13.5. The van der Waals surface area contributed by atoms with Crippen LogP contribution in [0.1, 0.15) is 138 Å². The lowest BCUT2D eigenvalue weighted by molar-refractivity contribution is 0.0592. The van der Waals surface area contributed by atoms with Crippen molar-refractivity contribution in [3.8, 4) is 6.07 Å². The molecule has 0 atom stereocenters. The summed E-state index contributed by atoms with van der Waals surface area (Å²) in [4.78, 5) is 62.3. The Balaban J connectivity index is 1.38. The van der Waals surface area contributed by atoms with E-state index in [9.17, 15) is 24.4 Å². The third kappa shape index (κ3) is 5.09. The van der Waals surface area contributed by atoms with E-state index >= 15 is 0 Å². The van der Waals surface area contributed by atoms with E-state index in [0.717, 1.165) is 64.2 Å². The molecule has 0 radical (unpaired) electrons. The van der Waals surface area contributed by atoms with Gasteiger partial charge in [-0.25, -0.2) is 4.85 Å². The van der Waals surface area contributed by atoms with Crippen LogP contribution in [0.3, 0.4) is 0 Å². The van der Waals surface area contributed by atoms with Crippen molar-refractivity contribution in [1.82, 2.24) is 9.80 Å². The van der Waals surface area contributed by atoms with Crippen LogP contribution in [-0.4, -0.2) is 46.5 Å². The van der Waals surface area contributed by atoms with Crippen molar-refractivity contribution in [1.29, 1.82) is 5.26 Å². The summed E-state index contributed by atoms with van der Waals surface area (Å²) in [6.07, 6.45) is 12.2. The smallest absolute Gasteiger partial charge is 0.261 e. The molecule has 0 aromatic heterocycles. The fourth-order valence-corrected chi connectivity index (χ4v) is 8.23. The summed E-state index contributed by atoms with van der Waals surface area (Å²) in [6, 6.07) is 12.5. The van der Waals surface area contributed by atoms with E-state index < -0.39 is 11.8 Å². The Morgan fingerprint density at radius 3 is 1.50 bits per heavy atom. The van der Waals surface area contributed by atoms with Gasteiger partial charge in [0.1, 0.15) is 0 Å². The predicted octanol–water partition coefficient (Wildman–Crippen LogP) is 10.1. The highest BCUT2D eigenvalue weighted by Gasteiger charge is 2.38. The molecule has 4 amide bonds. The fourth-order valence-electron chi connectivity index (χ4n) is 8.23. The minimum absolute atomic E-state index is 0.246. The summed E-state index contributed by atoms with van der Waals surface area (Å²) in [5, 5.41) is 15.0. The first-order chi connectivity index (χ1) is 24.4. The molecule has 0 fully saturated rings. The van der Waals surface area contributed by atoms with E-state index in [1.54, 1.807) is 36.4 Å². The molecule has 2 heterocycles. The number of hydrogen-bond acceptors (Lipinski definition) is 5. The lowest BCUT2D eigenvalue weighted by Gasteiger charge is -2.31. The molecular weight excluding hydrogens is 624 g/mol. The molecular formula is C42H40N4O4. The number of amides is 4. The van der Waals surface area contributed by atoms with Gasteiger partial charge in [0.05, 0.1) is 23.8 Å². The predicted molar refractivity (Wildman–Crippen MR) is 196 cm³/mol. The standard InChI is InChI=1S/C42H40N4O4/c1-4-6-8-10-12-14-20-45-39(47)28-19-17-27-36-32(44-3)23-31-35-29(40(48)46(42(31)50)21-15-13-11-9-7-5-2)18-16-26(38(35)36)33-25(24-43)22-30(41(45)49)34(28)37(27)33/h16-19,22-23H,4-15,20-21H2,1-2H3. The zero-order valence-corrected chi connectivity index (χ0v) is 28.8. The van der Waals surface area contributed by atoms with Crippen LogP contribution in [0.2, 0.25) is 0 Å². The van der Waals surface area contributed by atoms with Crippen LogP contribution in [-0.2, 0) is 0 Å². The van der Waals surface area contributed by atoms with Gasteiger partial charge < -0.3 is 0 Å². The van der Waals surface area contributed by atoms with Gasteiger partial charge >= 0.3 is 0 Å². The SMILES string of the molecule is [C-]#[N+]c1cc2c3c(ccc4c5c(C#N)cc6c7c(ccc(c1c34)c75)C(=O)N(CCCCCCCC)C6=O)C(=O)N(CCCCCCCC)C2=O. The van der Waals surface area contributed by atoms with Gasteiger partial charge in [0.2, 0.25) is 0 Å². The maximum atomic E-state index is 14.0. The number of rotatable bonds is 14. The Hall–Kier alpha value is -5.34. The topological polar surface area (TPSA) is 103 Å². The van der Waals surface area contributed by atoms with Crippen LogP contribution in [0.25, 0.3) is 47.9 Å². The number of fused-ring (bicyclic) bond motifs is 2. The molecule has 2 aliphatic heterocycles. The van der Waals surface area contributed by atoms with E-state index in [2.05, 4.69) is 24.8 Å². The number of unbranched alkanes of at least 4 members (excludes halogenated alkanes) is 10. The van der Waals surface area contributed by atoms with Gasteiger partial charge in [-0.05, 0) is 64.0 Å². The van der Waals surface area contributed by atoms with Gasteiger partial charge in [0, 0.05) is 45.9 Å². The van der Waals surface area contributed by atoms with Gasteiger partial charge in [-0.1, -0.05) is 90.2 Å². The minimum Gasteiger partial charge on any atom is -0.274 e. The molecule has 0 saturated heterocycles. The zero-order chi connectivity index (χ0) is 35.1. The van der Waals surface area contributed by atoms with Gasteiger partial charge in [-0.15, -0.1) is 0 Å². The molecule has 8 nitrogen and oxygen atoms in total. The highest BCUT2D eigenvalue weighted by atomic mass is 16.2. The summed E-state index contributed by atoms with van der Waals surface area (Å²) >= 11 is 0. The second-order valence-electron chi connectivity index (χ2n) is 13.8. The van der Waals surface area contributed by atoms with Crippen LogP contribution in [0.4, 0.5) is 5.69 Å². The van der Waals surface area contributed by atoms with Gasteiger partial charge in [-0.2, -0.15) is 5.26 Å². The molecule has 252 valence electrons. The highest BCUT2D eigenvalue weighted by molar-refractivity contribution is 6.43. The van der Waals surface area contributed by atoms with E-state index in [1.807, 2.05) is 0 Å². The number of nitrogens with zero attached hydrogens (tertiary/aromatic N) is 4.